The second-order valence-corrected chi connectivity index (χ2v) is 12.0. The van der Waals surface area contributed by atoms with Crippen LogP contribution in [0.2, 0.25) is 18.5 Å². The first-order chi connectivity index (χ1) is 16.4. The van der Waals surface area contributed by atoms with Crippen molar-refractivity contribution in [1.29, 1.82) is 0 Å². The van der Waals surface area contributed by atoms with Gasteiger partial charge in [0.15, 0.2) is 0 Å². The van der Waals surface area contributed by atoms with Crippen LogP contribution in [0, 0.1) is 29.1 Å². The molecule has 1 saturated heterocycles. The van der Waals surface area contributed by atoms with Crippen LogP contribution in [0.4, 0.5) is 0 Å². The van der Waals surface area contributed by atoms with Gasteiger partial charge in [0.1, 0.15) is 6.71 Å². The third-order valence-electron chi connectivity index (χ3n) is 9.91. The Morgan fingerprint density at radius 1 is 1.12 bits per heavy atom. The van der Waals surface area contributed by atoms with Crippen molar-refractivity contribution in [3.8, 4) is 0 Å². The van der Waals surface area contributed by atoms with E-state index in [-0.39, 0.29) is 6.04 Å². The number of unbranched alkanes of at least 4 members (excludes halogenated alkanes) is 2. The van der Waals surface area contributed by atoms with E-state index in [4.69, 9.17) is 5.73 Å². The molecule has 6 unspecified atom stereocenters. The fourth-order valence-corrected chi connectivity index (χ4v) is 7.58. The fraction of sp³-hybridized carbons (Fsp3) is 0.742. The number of rotatable bonds is 12. The zero-order valence-corrected chi connectivity index (χ0v) is 23.0. The highest BCUT2D eigenvalue weighted by atomic mass is 14.9. The maximum Gasteiger partial charge on any atom is 0.145 e. The summed E-state index contributed by atoms with van der Waals surface area (Å²) in [6, 6.07) is 11.2. The molecule has 1 aliphatic heterocycles. The maximum atomic E-state index is 6.45. The average molecular weight is 465 g/mol. The van der Waals surface area contributed by atoms with Crippen molar-refractivity contribution in [2.24, 2.45) is 34.8 Å². The van der Waals surface area contributed by atoms with Gasteiger partial charge in [-0.2, -0.15) is 0 Å². The van der Waals surface area contributed by atoms with Gasteiger partial charge >= 0.3 is 0 Å². The van der Waals surface area contributed by atoms with Crippen LogP contribution in [0.3, 0.4) is 0 Å². The lowest BCUT2D eigenvalue weighted by atomic mass is 9.38. The Balaban J connectivity index is 0.00000158. The molecular formula is C31H53BN2. The smallest absolute Gasteiger partial charge is 0.145 e. The van der Waals surface area contributed by atoms with Crippen LogP contribution in [0.15, 0.2) is 42.6 Å². The first-order valence-corrected chi connectivity index (χ1v) is 14.6. The molecule has 6 atom stereocenters. The van der Waals surface area contributed by atoms with Crippen LogP contribution in [0.25, 0.3) is 0 Å². The molecule has 3 heteroatoms. The molecule has 2 bridgehead atoms. The van der Waals surface area contributed by atoms with Crippen molar-refractivity contribution < 1.29 is 0 Å². The standard InChI is InChI=1S/C29H47BN2.C2H6/c1-5-6-8-13-28(31)21(2)32-20-25(15-14-22-11-9-7-10-12-22)30-18-23-16-24-17-27(26(23)19-30)29(24,3)4;1-2/h7,9-12,23-28,32H,2,5-6,8,13-20,31H2,1,3-4H3;1-2H3. The van der Waals surface area contributed by atoms with Crippen molar-refractivity contribution in [1.82, 2.24) is 5.32 Å². The fourth-order valence-electron chi connectivity index (χ4n) is 7.58. The lowest BCUT2D eigenvalue weighted by Crippen LogP contribution is -2.54. The van der Waals surface area contributed by atoms with Gasteiger partial charge in [-0.1, -0.05) is 110 Å². The molecule has 3 aliphatic carbocycles. The molecule has 0 amide bonds. The molecule has 1 aromatic carbocycles. The second kappa shape index (κ2) is 12.7. The lowest BCUT2D eigenvalue weighted by Gasteiger charge is -2.62. The van der Waals surface area contributed by atoms with Crippen LogP contribution in [0.5, 0.6) is 0 Å². The Hall–Kier alpha value is -1.22. The van der Waals surface area contributed by atoms with Gasteiger partial charge in [0.2, 0.25) is 0 Å². The van der Waals surface area contributed by atoms with Crippen LogP contribution < -0.4 is 11.1 Å². The zero-order valence-electron chi connectivity index (χ0n) is 23.0. The summed E-state index contributed by atoms with van der Waals surface area (Å²) in [6.07, 6.45) is 13.2. The van der Waals surface area contributed by atoms with Gasteiger partial charge < -0.3 is 11.1 Å². The molecule has 0 aromatic heterocycles. The average Bonchev–Trinajstić information content (AvgIpc) is 3.30. The van der Waals surface area contributed by atoms with Gasteiger partial charge in [-0.05, 0) is 66.2 Å². The quantitative estimate of drug-likeness (QED) is 0.244. The number of nitrogens with one attached hydrogen (secondary N) is 1. The molecule has 34 heavy (non-hydrogen) atoms. The van der Waals surface area contributed by atoms with E-state index in [2.05, 4.69) is 63.0 Å². The molecule has 4 fully saturated rings. The van der Waals surface area contributed by atoms with Crippen molar-refractivity contribution >= 4 is 6.71 Å². The molecule has 1 heterocycles. The summed E-state index contributed by atoms with van der Waals surface area (Å²) in [6.45, 7) is 17.6. The van der Waals surface area contributed by atoms with Crippen LogP contribution in [-0.4, -0.2) is 19.3 Å². The minimum absolute atomic E-state index is 0.0931. The predicted octanol–water partition coefficient (Wildman–Crippen LogP) is 7.83. The summed E-state index contributed by atoms with van der Waals surface area (Å²) >= 11 is 0. The van der Waals surface area contributed by atoms with E-state index < -0.39 is 0 Å². The molecule has 190 valence electrons. The molecular weight excluding hydrogens is 411 g/mol. The summed E-state index contributed by atoms with van der Waals surface area (Å²) in [5.41, 5.74) is 9.59. The number of aryl methyl sites for hydroxylation is 1. The third-order valence-corrected chi connectivity index (χ3v) is 9.91. The minimum atomic E-state index is 0.0931. The SMILES string of the molecule is C=C(NCC(CCc1ccccc1)B1CC2CC3CC(C2C1)C3(C)C)C(N)CCCCC.CC. The van der Waals surface area contributed by atoms with Crippen LogP contribution in [-0.2, 0) is 6.42 Å². The van der Waals surface area contributed by atoms with Gasteiger partial charge in [-0.3, -0.25) is 0 Å². The molecule has 0 radical (unpaired) electrons. The van der Waals surface area contributed by atoms with E-state index in [1.807, 2.05) is 13.8 Å². The molecule has 3 N–H and O–H groups in total. The molecule has 2 nitrogen and oxygen atoms in total. The van der Waals surface area contributed by atoms with Gasteiger partial charge in [-0.15, -0.1) is 0 Å². The maximum absolute atomic E-state index is 6.45. The third kappa shape index (κ3) is 6.31. The van der Waals surface area contributed by atoms with Gasteiger partial charge in [0.25, 0.3) is 0 Å². The van der Waals surface area contributed by atoms with Crippen LogP contribution in [0.1, 0.15) is 85.1 Å². The monoisotopic (exact) mass is 464 g/mol. The van der Waals surface area contributed by atoms with Gasteiger partial charge in [0, 0.05) is 18.3 Å². The Morgan fingerprint density at radius 3 is 2.53 bits per heavy atom. The van der Waals surface area contributed by atoms with E-state index in [0.29, 0.717) is 5.41 Å². The summed E-state index contributed by atoms with van der Waals surface area (Å²) in [7, 11) is 0. The molecule has 1 aromatic rings. The van der Waals surface area contributed by atoms with E-state index in [9.17, 15) is 0 Å². The van der Waals surface area contributed by atoms with Crippen molar-refractivity contribution in [3.05, 3.63) is 48.2 Å². The summed E-state index contributed by atoms with van der Waals surface area (Å²) < 4.78 is 0. The molecule has 3 saturated carbocycles. The first-order valence-electron chi connectivity index (χ1n) is 14.6. The molecule has 4 aliphatic rings. The number of benzene rings is 1. The highest BCUT2D eigenvalue weighted by Crippen LogP contribution is 2.67. The van der Waals surface area contributed by atoms with Gasteiger partial charge in [-0.25, -0.2) is 0 Å². The lowest BCUT2D eigenvalue weighted by molar-refractivity contribution is -0.120. The summed E-state index contributed by atoms with van der Waals surface area (Å²) in [5.74, 6) is 4.69. The van der Waals surface area contributed by atoms with Crippen molar-refractivity contribution in [3.63, 3.8) is 0 Å². The van der Waals surface area contributed by atoms with E-state index >= 15 is 0 Å². The zero-order chi connectivity index (χ0) is 24.7. The number of hydrogen-bond donors (Lipinski definition) is 2. The molecule has 5 rings (SSSR count). The van der Waals surface area contributed by atoms with E-state index in [1.54, 1.807) is 0 Å². The Labute approximate surface area is 212 Å². The Kier molecular flexibility index (Phi) is 10.2. The van der Waals surface area contributed by atoms with Gasteiger partial charge in [0.05, 0.1) is 0 Å². The normalized spacial score (nSPS) is 28.1. The van der Waals surface area contributed by atoms with E-state index in [1.165, 1.54) is 63.1 Å². The van der Waals surface area contributed by atoms with Crippen LogP contribution >= 0.6 is 0 Å². The van der Waals surface area contributed by atoms with Crippen molar-refractivity contribution in [2.45, 2.75) is 110 Å². The Morgan fingerprint density at radius 2 is 1.85 bits per heavy atom. The predicted molar refractivity (Wildman–Crippen MR) is 151 cm³/mol. The number of hydrogen-bond acceptors (Lipinski definition) is 2. The summed E-state index contributed by atoms with van der Waals surface area (Å²) in [4.78, 5) is 0. The highest BCUT2D eigenvalue weighted by molar-refractivity contribution is 6.61. The minimum Gasteiger partial charge on any atom is -0.388 e. The summed E-state index contributed by atoms with van der Waals surface area (Å²) in [5, 5.41) is 3.72. The topological polar surface area (TPSA) is 38.0 Å². The van der Waals surface area contributed by atoms with Crippen molar-refractivity contribution in [2.75, 3.05) is 6.54 Å². The first kappa shape index (κ1) is 27.4. The second-order valence-electron chi connectivity index (χ2n) is 12.0. The number of nitrogens with two attached hydrogens (primary N) is 1. The highest BCUT2D eigenvalue weighted by Gasteiger charge is 2.60. The Bertz CT molecular complexity index is 745. The largest absolute Gasteiger partial charge is 0.388 e. The molecule has 0 spiro atoms. The van der Waals surface area contributed by atoms with E-state index in [0.717, 1.165) is 54.9 Å².